The molecule has 3 fully saturated rings. The van der Waals surface area contributed by atoms with E-state index in [2.05, 4.69) is 6.92 Å². The number of amides is 1. The van der Waals surface area contributed by atoms with Crippen LogP contribution in [-0.2, 0) is 25.7 Å². The number of Topliss-reactive ketones (excluding diaryl/α,β-unsaturated/α-hetero) is 1. The lowest BCUT2D eigenvalue weighted by Gasteiger charge is -2.50. The predicted molar refractivity (Wildman–Crippen MR) is 126 cm³/mol. The van der Waals surface area contributed by atoms with Gasteiger partial charge in [-0.1, -0.05) is 51.1 Å². The van der Waals surface area contributed by atoms with Crippen molar-refractivity contribution in [2.45, 2.75) is 90.6 Å². The van der Waals surface area contributed by atoms with Gasteiger partial charge in [-0.25, -0.2) is 4.79 Å². The first-order chi connectivity index (χ1) is 16.1. The van der Waals surface area contributed by atoms with Crippen molar-refractivity contribution < 1.29 is 29.0 Å². The summed E-state index contributed by atoms with van der Waals surface area (Å²) >= 11 is 0. The van der Waals surface area contributed by atoms with E-state index in [0.717, 1.165) is 18.4 Å². The summed E-state index contributed by atoms with van der Waals surface area (Å²) in [5.74, 6) is -0.377. The Labute approximate surface area is 201 Å². The average Bonchev–Trinajstić information content (AvgIpc) is 3.05. The predicted octanol–water partition coefficient (Wildman–Crippen LogP) is 5.17. The molecule has 7 heteroatoms. The van der Waals surface area contributed by atoms with Crippen molar-refractivity contribution >= 4 is 17.8 Å². The molecule has 1 aliphatic carbocycles. The zero-order chi connectivity index (χ0) is 24.6. The first-order valence-corrected chi connectivity index (χ1v) is 12.5. The van der Waals surface area contributed by atoms with Crippen LogP contribution in [0.3, 0.4) is 0 Å². The molecule has 5 atom stereocenters. The Kier molecular flexibility index (Phi) is 6.78. The monoisotopic (exact) mass is 471 g/mol. The number of ether oxygens (including phenoxy) is 2. The summed E-state index contributed by atoms with van der Waals surface area (Å²) in [4.78, 5) is 39.8. The Morgan fingerprint density at radius 3 is 2.65 bits per heavy atom. The van der Waals surface area contributed by atoms with Gasteiger partial charge in [0.15, 0.2) is 0 Å². The van der Waals surface area contributed by atoms with Crippen LogP contribution in [0.1, 0.15) is 77.7 Å². The summed E-state index contributed by atoms with van der Waals surface area (Å²) in [5, 5.41) is 9.57. The van der Waals surface area contributed by atoms with E-state index in [-0.39, 0.29) is 24.9 Å². The fourth-order valence-electron chi connectivity index (χ4n) is 6.50. The van der Waals surface area contributed by atoms with Crippen molar-refractivity contribution in [3.05, 3.63) is 35.9 Å². The van der Waals surface area contributed by atoms with Gasteiger partial charge in [-0.05, 0) is 55.4 Å². The quantitative estimate of drug-likeness (QED) is 0.590. The van der Waals surface area contributed by atoms with Crippen LogP contribution in [0.2, 0.25) is 0 Å². The molecule has 0 aromatic heterocycles. The molecule has 3 aliphatic rings. The maximum absolute atomic E-state index is 13.2. The third-order valence-electron chi connectivity index (χ3n) is 8.66. The highest BCUT2D eigenvalue weighted by Crippen LogP contribution is 2.55. The number of carboxylic acids is 1. The van der Waals surface area contributed by atoms with E-state index in [9.17, 15) is 19.5 Å². The van der Waals surface area contributed by atoms with Gasteiger partial charge in [0.2, 0.25) is 0 Å². The number of carbonyl (C=O) groups is 3. The number of benzene rings is 1. The van der Waals surface area contributed by atoms with Crippen molar-refractivity contribution in [1.29, 1.82) is 0 Å². The van der Waals surface area contributed by atoms with Crippen LogP contribution in [0.25, 0.3) is 0 Å². The van der Waals surface area contributed by atoms with Crippen LogP contribution in [0, 0.1) is 16.7 Å². The summed E-state index contributed by atoms with van der Waals surface area (Å²) in [6.45, 7) is 6.70. The normalized spacial score (nSPS) is 35.3. The summed E-state index contributed by atoms with van der Waals surface area (Å²) in [7, 11) is 0. The number of nitrogens with zero attached hydrogens (tertiary/aromatic N) is 1. The average molecular weight is 472 g/mol. The number of carboxylic acid groups (broad SMARTS) is 1. The molecule has 0 unspecified atom stereocenters. The van der Waals surface area contributed by atoms with E-state index >= 15 is 0 Å². The molecule has 1 amide bonds. The Morgan fingerprint density at radius 2 is 1.94 bits per heavy atom. The van der Waals surface area contributed by atoms with Crippen LogP contribution >= 0.6 is 0 Å². The van der Waals surface area contributed by atoms with Crippen LogP contribution in [0.4, 0.5) is 4.79 Å². The first-order valence-electron chi connectivity index (χ1n) is 12.5. The van der Waals surface area contributed by atoms with Gasteiger partial charge in [0.25, 0.3) is 0 Å². The van der Waals surface area contributed by atoms with Crippen molar-refractivity contribution in [2.75, 3.05) is 6.54 Å². The lowest BCUT2D eigenvalue weighted by atomic mass is 9.53. The topological polar surface area (TPSA) is 93.1 Å². The molecule has 7 nitrogen and oxygen atoms in total. The summed E-state index contributed by atoms with van der Waals surface area (Å²) in [6, 6.07) is 9.58. The fourth-order valence-corrected chi connectivity index (χ4v) is 6.50. The molecular formula is C27H37NO6. The van der Waals surface area contributed by atoms with E-state index in [1.54, 1.807) is 4.90 Å². The van der Waals surface area contributed by atoms with Crippen molar-refractivity contribution in [1.82, 2.24) is 4.90 Å². The van der Waals surface area contributed by atoms with E-state index in [4.69, 9.17) is 9.47 Å². The highest BCUT2D eigenvalue weighted by atomic mass is 16.6. The van der Waals surface area contributed by atoms with Gasteiger partial charge in [0.05, 0.1) is 19.1 Å². The van der Waals surface area contributed by atoms with E-state index in [1.807, 2.05) is 44.2 Å². The molecule has 0 spiro atoms. The highest BCUT2D eigenvalue weighted by Gasteiger charge is 2.57. The van der Waals surface area contributed by atoms with Crippen molar-refractivity contribution in [3.8, 4) is 0 Å². The van der Waals surface area contributed by atoms with Gasteiger partial charge in [-0.2, -0.15) is 0 Å². The van der Waals surface area contributed by atoms with Gasteiger partial charge in [0, 0.05) is 11.8 Å². The summed E-state index contributed by atoms with van der Waals surface area (Å²) in [6.07, 6.45) is 3.97. The number of likely N-dealkylation sites (tertiary alicyclic amines) is 1. The van der Waals surface area contributed by atoms with Crippen LogP contribution in [0.5, 0.6) is 0 Å². The Bertz CT molecular complexity index is 934. The van der Waals surface area contributed by atoms with Crippen molar-refractivity contribution in [2.24, 2.45) is 16.7 Å². The zero-order valence-electron chi connectivity index (χ0n) is 20.5. The molecule has 34 heavy (non-hydrogen) atoms. The smallest absolute Gasteiger partial charge is 0.412 e. The molecule has 1 aromatic rings. The van der Waals surface area contributed by atoms with Gasteiger partial charge >= 0.3 is 12.1 Å². The second-order valence-corrected chi connectivity index (χ2v) is 11.1. The Morgan fingerprint density at radius 1 is 1.21 bits per heavy atom. The van der Waals surface area contributed by atoms with Gasteiger partial charge in [-0.15, -0.1) is 0 Å². The summed E-state index contributed by atoms with van der Waals surface area (Å²) in [5.41, 5.74) is -1.30. The second-order valence-electron chi connectivity index (χ2n) is 11.1. The lowest BCUT2D eigenvalue weighted by molar-refractivity contribution is -0.162. The lowest BCUT2D eigenvalue weighted by Crippen LogP contribution is -2.53. The Hall–Kier alpha value is -2.41. The maximum atomic E-state index is 13.2. The molecule has 1 N–H and O–H groups in total. The minimum Gasteiger partial charge on any atom is -0.481 e. The maximum Gasteiger partial charge on any atom is 0.412 e. The summed E-state index contributed by atoms with van der Waals surface area (Å²) < 4.78 is 12.1. The van der Waals surface area contributed by atoms with Crippen LogP contribution in [-0.4, -0.2) is 46.2 Å². The second kappa shape index (κ2) is 9.33. The number of carbonyl (C=O) groups excluding carboxylic acids is 2. The highest BCUT2D eigenvalue weighted by molar-refractivity contribution is 5.87. The molecule has 2 heterocycles. The molecule has 1 saturated carbocycles. The molecular weight excluding hydrogens is 434 g/mol. The van der Waals surface area contributed by atoms with Crippen LogP contribution in [0.15, 0.2) is 30.3 Å². The largest absolute Gasteiger partial charge is 0.481 e. The van der Waals surface area contributed by atoms with Crippen molar-refractivity contribution in [3.63, 3.8) is 0 Å². The van der Waals surface area contributed by atoms with E-state index in [1.165, 1.54) is 0 Å². The number of hydrogen-bond donors (Lipinski definition) is 1. The van der Waals surface area contributed by atoms with Gasteiger partial charge in [0.1, 0.15) is 18.1 Å². The SMILES string of the molecule is C[C@H]1C[C@@H]2CN(C(=O)OCc3ccccc3)[C@](CC[C@]3(C)C(=O)CCC[C@]3(C)CC(=O)O)(C1)O2. The van der Waals surface area contributed by atoms with Gasteiger partial charge < -0.3 is 14.6 Å². The Balaban J connectivity index is 1.54. The van der Waals surface area contributed by atoms with Crippen LogP contribution < -0.4 is 0 Å². The molecule has 0 radical (unpaired) electrons. The minimum absolute atomic E-state index is 0.0367. The molecule has 2 saturated heterocycles. The first kappa shape index (κ1) is 24.7. The third-order valence-corrected chi connectivity index (χ3v) is 8.66. The molecule has 186 valence electrons. The molecule has 1 aromatic carbocycles. The zero-order valence-corrected chi connectivity index (χ0v) is 20.5. The van der Waals surface area contributed by atoms with E-state index < -0.39 is 28.6 Å². The minimum atomic E-state index is -0.879. The van der Waals surface area contributed by atoms with E-state index in [0.29, 0.717) is 44.6 Å². The standard InChI is InChI=1S/C27H37NO6/c1-19-14-21-17-28(24(32)33-18-20-8-5-4-6-9-20)27(15-19,34-21)13-12-26(3)22(29)10-7-11-25(26,2)16-23(30)31/h4-6,8-9,19,21H,7,10-18H2,1-3H3,(H,30,31)/t19-,21+,25+,26+,27-/m0/s1. The number of hydrogen-bond acceptors (Lipinski definition) is 5. The molecule has 2 aliphatic heterocycles. The number of rotatable bonds is 7. The molecule has 2 bridgehead atoms. The number of aliphatic carboxylic acids is 1. The van der Waals surface area contributed by atoms with Gasteiger partial charge in [-0.3, -0.25) is 14.5 Å². The fraction of sp³-hybridized carbons (Fsp3) is 0.667. The third kappa shape index (κ3) is 4.59. The number of fused-ring (bicyclic) bond motifs is 2. The molecule has 4 rings (SSSR count). The number of ketones is 1.